The van der Waals surface area contributed by atoms with Crippen LogP contribution in [0.5, 0.6) is 0 Å². The third kappa shape index (κ3) is 2.66. The van der Waals surface area contributed by atoms with Gasteiger partial charge in [-0.1, -0.05) is 6.92 Å². The minimum absolute atomic E-state index is 0.590. The summed E-state index contributed by atoms with van der Waals surface area (Å²) in [6.45, 7) is 6.87. The zero-order valence-corrected chi connectivity index (χ0v) is 12.1. The SMILES string of the molecule is CCCN1CCC[C@H]1c1cnc(N(C)C)c(C)c1. The Morgan fingerprint density at radius 2 is 2.22 bits per heavy atom. The van der Waals surface area contributed by atoms with Crippen LogP contribution >= 0.6 is 0 Å². The van der Waals surface area contributed by atoms with Gasteiger partial charge in [-0.2, -0.15) is 0 Å². The lowest BCUT2D eigenvalue weighted by Gasteiger charge is -2.25. The van der Waals surface area contributed by atoms with Crippen LogP contribution in [0.3, 0.4) is 0 Å². The average Bonchev–Trinajstić information content (AvgIpc) is 2.77. The van der Waals surface area contributed by atoms with Crippen LogP contribution in [-0.4, -0.2) is 37.1 Å². The molecule has 18 heavy (non-hydrogen) atoms. The second-order valence-corrected chi connectivity index (χ2v) is 5.50. The van der Waals surface area contributed by atoms with Crippen molar-refractivity contribution in [1.82, 2.24) is 9.88 Å². The highest BCUT2D eigenvalue weighted by molar-refractivity contribution is 5.46. The Bertz CT molecular complexity index is 401. The van der Waals surface area contributed by atoms with Crippen molar-refractivity contribution in [2.45, 2.75) is 39.2 Å². The van der Waals surface area contributed by atoms with E-state index in [4.69, 9.17) is 0 Å². The highest BCUT2D eigenvalue weighted by atomic mass is 15.2. The molecule has 100 valence electrons. The van der Waals surface area contributed by atoms with Crippen molar-refractivity contribution in [1.29, 1.82) is 0 Å². The van der Waals surface area contributed by atoms with Crippen molar-refractivity contribution in [3.05, 3.63) is 23.4 Å². The van der Waals surface area contributed by atoms with E-state index < -0.39 is 0 Å². The lowest BCUT2D eigenvalue weighted by atomic mass is 10.0. The summed E-state index contributed by atoms with van der Waals surface area (Å²) in [6, 6.07) is 2.91. The van der Waals surface area contributed by atoms with Gasteiger partial charge >= 0.3 is 0 Å². The topological polar surface area (TPSA) is 19.4 Å². The predicted octanol–water partition coefficient (Wildman–Crippen LogP) is 3.00. The third-order valence-electron chi connectivity index (χ3n) is 3.75. The molecule has 2 heterocycles. The standard InChI is InChI=1S/C15H25N3/c1-5-8-18-9-6-7-14(18)13-10-12(2)15(16-11-13)17(3)4/h10-11,14H,5-9H2,1-4H3/t14-/m0/s1. The molecule has 1 fully saturated rings. The van der Waals surface area contributed by atoms with Gasteiger partial charge in [-0.15, -0.1) is 0 Å². The molecule has 1 aromatic rings. The molecule has 0 amide bonds. The molecular formula is C15H25N3. The minimum atomic E-state index is 0.590. The van der Waals surface area contributed by atoms with Gasteiger partial charge in [0, 0.05) is 26.3 Å². The van der Waals surface area contributed by atoms with Crippen LogP contribution in [0.25, 0.3) is 0 Å². The second kappa shape index (κ2) is 5.70. The zero-order valence-electron chi connectivity index (χ0n) is 12.1. The van der Waals surface area contributed by atoms with E-state index in [1.54, 1.807) is 0 Å². The molecule has 0 N–H and O–H groups in total. The molecular weight excluding hydrogens is 222 g/mol. The minimum Gasteiger partial charge on any atom is -0.363 e. The van der Waals surface area contributed by atoms with E-state index in [2.05, 4.69) is 40.9 Å². The highest BCUT2D eigenvalue weighted by Crippen LogP contribution is 2.32. The summed E-state index contributed by atoms with van der Waals surface area (Å²) >= 11 is 0. The summed E-state index contributed by atoms with van der Waals surface area (Å²) in [5.41, 5.74) is 2.67. The molecule has 1 saturated heterocycles. The number of nitrogens with zero attached hydrogens (tertiary/aromatic N) is 3. The quantitative estimate of drug-likeness (QED) is 0.815. The van der Waals surface area contributed by atoms with Crippen LogP contribution in [-0.2, 0) is 0 Å². The zero-order chi connectivity index (χ0) is 13.1. The smallest absolute Gasteiger partial charge is 0.130 e. The van der Waals surface area contributed by atoms with Gasteiger partial charge in [-0.3, -0.25) is 4.90 Å². The Morgan fingerprint density at radius 3 is 2.83 bits per heavy atom. The molecule has 1 aliphatic heterocycles. The number of aromatic nitrogens is 1. The van der Waals surface area contributed by atoms with Crippen molar-refractivity contribution in [2.24, 2.45) is 0 Å². The fourth-order valence-corrected chi connectivity index (χ4v) is 3.00. The van der Waals surface area contributed by atoms with E-state index in [-0.39, 0.29) is 0 Å². The Labute approximate surface area is 111 Å². The highest BCUT2D eigenvalue weighted by Gasteiger charge is 2.25. The van der Waals surface area contributed by atoms with Gasteiger partial charge in [0.15, 0.2) is 0 Å². The first-order chi connectivity index (χ1) is 8.63. The molecule has 0 aliphatic carbocycles. The summed E-state index contributed by atoms with van der Waals surface area (Å²) in [6.07, 6.45) is 5.90. The Morgan fingerprint density at radius 1 is 1.44 bits per heavy atom. The summed E-state index contributed by atoms with van der Waals surface area (Å²) in [5, 5.41) is 0. The first kappa shape index (κ1) is 13.3. The van der Waals surface area contributed by atoms with Gasteiger partial charge in [-0.25, -0.2) is 4.98 Å². The lowest BCUT2D eigenvalue weighted by Crippen LogP contribution is -2.24. The van der Waals surface area contributed by atoms with Gasteiger partial charge in [0.25, 0.3) is 0 Å². The van der Waals surface area contributed by atoms with Crippen LogP contribution in [0.2, 0.25) is 0 Å². The van der Waals surface area contributed by atoms with Gasteiger partial charge < -0.3 is 4.90 Å². The van der Waals surface area contributed by atoms with Crippen molar-refractivity contribution in [2.75, 3.05) is 32.1 Å². The maximum absolute atomic E-state index is 4.62. The Hall–Kier alpha value is -1.09. The predicted molar refractivity (Wildman–Crippen MR) is 77.1 cm³/mol. The molecule has 0 bridgehead atoms. The molecule has 0 radical (unpaired) electrons. The summed E-state index contributed by atoms with van der Waals surface area (Å²) < 4.78 is 0. The summed E-state index contributed by atoms with van der Waals surface area (Å²) in [7, 11) is 4.10. The van der Waals surface area contributed by atoms with E-state index in [0.29, 0.717) is 6.04 Å². The van der Waals surface area contributed by atoms with Crippen LogP contribution < -0.4 is 4.90 Å². The molecule has 0 unspecified atom stereocenters. The number of hydrogen-bond donors (Lipinski definition) is 0. The summed E-state index contributed by atoms with van der Waals surface area (Å²) in [5.74, 6) is 1.08. The first-order valence-corrected chi connectivity index (χ1v) is 7.01. The van der Waals surface area contributed by atoms with E-state index in [1.165, 1.54) is 43.5 Å². The van der Waals surface area contributed by atoms with Gasteiger partial charge in [0.05, 0.1) is 0 Å². The molecule has 1 aliphatic rings. The number of rotatable bonds is 4. The van der Waals surface area contributed by atoms with Crippen molar-refractivity contribution in [3.63, 3.8) is 0 Å². The monoisotopic (exact) mass is 247 g/mol. The third-order valence-corrected chi connectivity index (χ3v) is 3.75. The number of aryl methyl sites for hydroxylation is 1. The number of anilines is 1. The van der Waals surface area contributed by atoms with Gasteiger partial charge in [-0.05, 0) is 56.5 Å². The van der Waals surface area contributed by atoms with Gasteiger partial charge in [0.1, 0.15) is 5.82 Å². The van der Waals surface area contributed by atoms with Crippen LogP contribution in [0.1, 0.15) is 43.4 Å². The average molecular weight is 247 g/mol. The second-order valence-electron chi connectivity index (χ2n) is 5.50. The first-order valence-electron chi connectivity index (χ1n) is 7.01. The maximum atomic E-state index is 4.62. The number of likely N-dealkylation sites (tertiary alicyclic amines) is 1. The Kier molecular flexibility index (Phi) is 4.23. The van der Waals surface area contributed by atoms with E-state index >= 15 is 0 Å². The van der Waals surface area contributed by atoms with Gasteiger partial charge in [0.2, 0.25) is 0 Å². The fraction of sp³-hybridized carbons (Fsp3) is 0.667. The molecule has 1 aromatic heterocycles. The van der Waals surface area contributed by atoms with Crippen molar-refractivity contribution < 1.29 is 0 Å². The molecule has 3 nitrogen and oxygen atoms in total. The number of hydrogen-bond acceptors (Lipinski definition) is 3. The lowest BCUT2D eigenvalue weighted by molar-refractivity contribution is 0.257. The van der Waals surface area contributed by atoms with Crippen LogP contribution in [0.4, 0.5) is 5.82 Å². The van der Waals surface area contributed by atoms with E-state index in [0.717, 1.165) is 5.82 Å². The molecule has 0 aromatic carbocycles. The van der Waals surface area contributed by atoms with E-state index in [1.807, 2.05) is 14.1 Å². The molecule has 0 spiro atoms. The fourth-order valence-electron chi connectivity index (χ4n) is 3.00. The summed E-state index contributed by atoms with van der Waals surface area (Å²) in [4.78, 5) is 9.30. The molecule has 0 saturated carbocycles. The van der Waals surface area contributed by atoms with Crippen molar-refractivity contribution >= 4 is 5.82 Å². The van der Waals surface area contributed by atoms with Crippen molar-refractivity contribution in [3.8, 4) is 0 Å². The normalized spacial score (nSPS) is 20.3. The maximum Gasteiger partial charge on any atom is 0.130 e. The number of pyridine rings is 1. The molecule has 3 heteroatoms. The van der Waals surface area contributed by atoms with E-state index in [9.17, 15) is 0 Å². The van der Waals surface area contributed by atoms with Crippen LogP contribution in [0, 0.1) is 6.92 Å². The largest absolute Gasteiger partial charge is 0.363 e. The Balaban J connectivity index is 2.20. The van der Waals surface area contributed by atoms with Crippen LogP contribution in [0.15, 0.2) is 12.3 Å². The molecule has 2 rings (SSSR count). The molecule has 1 atom stereocenters.